The fourth-order valence-electron chi connectivity index (χ4n) is 0.531. The van der Waals surface area contributed by atoms with Crippen molar-refractivity contribution in [3.63, 3.8) is 0 Å². The number of hydrogen-bond acceptors (Lipinski definition) is 3. The number of aromatic amines is 1. The van der Waals surface area contributed by atoms with Crippen LogP contribution in [0.2, 0.25) is 0 Å². The summed E-state index contributed by atoms with van der Waals surface area (Å²) in [6.45, 7) is 0. The van der Waals surface area contributed by atoms with Crippen LogP contribution in [-0.4, -0.2) is 24.7 Å². The van der Waals surface area contributed by atoms with Gasteiger partial charge in [0.15, 0.2) is 0 Å². The Morgan fingerprint density at radius 3 is 1.60 bits per heavy atom. The molecule has 15 heavy (non-hydrogen) atoms. The van der Waals surface area contributed by atoms with Crippen molar-refractivity contribution in [1.29, 1.82) is 0 Å². The fraction of sp³-hybridized carbons (Fsp3) is 0. The van der Waals surface area contributed by atoms with Crippen LogP contribution in [0, 0.1) is 0 Å². The predicted molar refractivity (Wildman–Crippen MR) is 54.9 cm³/mol. The Labute approximate surface area is 87.6 Å². The van der Waals surface area contributed by atoms with Gasteiger partial charge in [-0.25, -0.2) is 9.97 Å². The van der Waals surface area contributed by atoms with E-state index in [1.54, 1.807) is 18.5 Å². The lowest BCUT2D eigenvalue weighted by Crippen LogP contribution is -1.66. The van der Waals surface area contributed by atoms with Gasteiger partial charge in [-0.2, -0.15) is 0 Å². The molecule has 0 aliphatic heterocycles. The molecule has 0 amide bonds. The first-order valence-electron chi connectivity index (χ1n) is 3.86. The Balaban J connectivity index is 0.000000202. The Morgan fingerprint density at radius 2 is 1.47 bits per heavy atom. The van der Waals surface area contributed by atoms with Gasteiger partial charge in [0.05, 0.1) is 0 Å². The van der Waals surface area contributed by atoms with Crippen LogP contribution >= 0.6 is 8.25 Å². The molecule has 0 atom stereocenters. The van der Waals surface area contributed by atoms with Crippen LogP contribution in [0.3, 0.4) is 0 Å². The van der Waals surface area contributed by atoms with Crippen LogP contribution < -0.4 is 0 Å². The summed E-state index contributed by atoms with van der Waals surface area (Å²) >= 11 is 0. The molecule has 2 aromatic heterocycles. The Kier molecular flexibility index (Phi) is 9.33. The third-order valence-corrected chi connectivity index (χ3v) is 0.974. The van der Waals surface area contributed by atoms with E-state index < -0.39 is 8.25 Å². The maximum Gasteiger partial charge on any atom is 0.692 e. The summed E-state index contributed by atoms with van der Waals surface area (Å²) in [7, 11) is -2.87. The highest BCUT2D eigenvalue weighted by atomic mass is 31.1. The van der Waals surface area contributed by atoms with Gasteiger partial charge in [-0.15, -0.1) is 9.79 Å². The highest BCUT2D eigenvalue weighted by Crippen LogP contribution is 1.98. The molecule has 0 saturated carbocycles. The summed E-state index contributed by atoms with van der Waals surface area (Å²) in [5.74, 6) is 0. The van der Waals surface area contributed by atoms with E-state index in [1.165, 1.54) is 6.33 Å². The molecule has 0 aromatic carbocycles. The van der Waals surface area contributed by atoms with E-state index in [0.717, 1.165) is 0 Å². The third kappa shape index (κ3) is 15.2. The van der Waals surface area contributed by atoms with Crippen LogP contribution in [0.4, 0.5) is 0 Å². The molecule has 6 nitrogen and oxygen atoms in total. The average Bonchev–Trinajstić information content (AvgIpc) is 2.77. The molecule has 2 aromatic rings. The number of aromatic nitrogens is 3. The number of hydrogen-bond donors (Lipinski definition) is 3. The largest absolute Gasteiger partial charge is 0.692 e. The maximum atomic E-state index is 8.70. The molecule has 0 aliphatic rings. The van der Waals surface area contributed by atoms with Gasteiger partial charge in [0, 0.05) is 29.4 Å². The van der Waals surface area contributed by atoms with E-state index in [9.17, 15) is 0 Å². The minimum Gasteiger partial charge on any atom is -0.368 e. The molecule has 7 heteroatoms. The summed E-state index contributed by atoms with van der Waals surface area (Å²) in [6.07, 6.45) is 8.62. The Morgan fingerprint density at radius 1 is 1.00 bits per heavy atom. The van der Waals surface area contributed by atoms with E-state index in [-0.39, 0.29) is 0 Å². The van der Waals surface area contributed by atoms with Crippen LogP contribution in [0.5, 0.6) is 0 Å². The molecular formula is C8H11N3O3P+. The number of nitrogens with zero attached hydrogens (tertiary/aromatic N) is 2. The molecule has 0 fully saturated rings. The van der Waals surface area contributed by atoms with Crippen molar-refractivity contribution < 1.29 is 14.4 Å². The predicted octanol–water partition coefficient (Wildman–Crippen LogP) is 1.12. The van der Waals surface area contributed by atoms with Crippen molar-refractivity contribution in [2.24, 2.45) is 0 Å². The molecule has 80 valence electrons. The Bertz CT molecular complexity index is 280. The van der Waals surface area contributed by atoms with E-state index in [0.29, 0.717) is 0 Å². The van der Waals surface area contributed by atoms with E-state index >= 15 is 0 Å². The molecule has 0 unspecified atom stereocenters. The van der Waals surface area contributed by atoms with Gasteiger partial charge < -0.3 is 4.98 Å². The van der Waals surface area contributed by atoms with Gasteiger partial charge in [0.2, 0.25) is 0 Å². The van der Waals surface area contributed by atoms with E-state index in [1.807, 2.05) is 24.5 Å². The van der Waals surface area contributed by atoms with Crippen LogP contribution in [0.25, 0.3) is 0 Å². The zero-order valence-corrected chi connectivity index (χ0v) is 8.66. The smallest absolute Gasteiger partial charge is 0.368 e. The van der Waals surface area contributed by atoms with Crippen molar-refractivity contribution >= 4 is 8.25 Å². The third-order valence-electron chi connectivity index (χ3n) is 0.974. The zero-order chi connectivity index (χ0) is 11.4. The number of rotatable bonds is 0. The first-order chi connectivity index (χ1) is 7.23. The first kappa shape index (κ1) is 13.4. The zero-order valence-electron chi connectivity index (χ0n) is 7.76. The first-order valence-corrected chi connectivity index (χ1v) is 5.02. The minimum absolute atomic E-state index is 1.50. The van der Waals surface area contributed by atoms with Gasteiger partial charge >= 0.3 is 8.25 Å². The van der Waals surface area contributed by atoms with Gasteiger partial charge in [-0.1, -0.05) is 0 Å². The summed E-state index contributed by atoms with van der Waals surface area (Å²) < 4.78 is 8.70. The van der Waals surface area contributed by atoms with Gasteiger partial charge in [-0.05, 0) is 18.2 Å². The van der Waals surface area contributed by atoms with Crippen molar-refractivity contribution in [1.82, 2.24) is 15.0 Å². The SMILES string of the molecule is O=[P+](O)O.c1cc[nH]c1.c1cncnc1. The topological polar surface area (TPSA) is 99.1 Å². The molecular weight excluding hydrogens is 217 g/mol. The average molecular weight is 228 g/mol. The summed E-state index contributed by atoms with van der Waals surface area (Å²) in [5, 5.41) is 0. The van der Waals surface area contributed by atoms with Gasteiger partial charge in [-0.3, -0.25) is 0 Å². The molecule has 0 bridgehead atoms. The highest BCUT2D eigenvalue weighted by molar-refractivity contribution is 7.30. The summed E-state index contributed by atoms with van der Waals surface area (Å²) in [4.78, 5) is 24.4. The molecule has 2 rings (SSSR count). The second kappa shape index (κ2) is 10.5. The molecule has 3 N–H and O–H groups in total. The molecule has 0 aliphatic carbocycles. The lowest BCUT2D eigenvalue weighted by molar-refractivity contribution is 0.405. The highest BCUT2D eigenvalue weighted by Gasteiger charge is 1.93. The lowest BCUT2D eigenvalue weighted by Gasteiger charge is -1.70. The van der Waals surface area contributed by atoms with Crippen LogP contribution in [-0.2, 0) is 4.57 Å². The fourth-order valence-corrected chi connectivity index (χ4v) is 0.531. The van der Waals surface area contributed by atoms with Crippen LogP contribution in [0.1, 0.15) is 0 Å². The van der Waals surface area contributed by atoms with Crippen LogP contribution in [0.15, 0.2) is 49.3 Å². The number of H-pyrrole nitrogens is 1. The van der Waals surface area contributed by atoms with Crippen molar-refractivity contribution in [3.8, 4) is 0 Å². The quantitative estimate of drug-likeness (QED) is 0.587. The number of nitrogens with one attached hydrogen (secondary N) is 1. The molecule has 2 heterocycles. The summed E-state index contributed by atoms with van der Waals surface area (Å²) in [5.41, 5.74) is 0. The summed E-state index contributed by atoms with van der Waals surface area (Å²) in [6, 6.07) is 5.67. The van der Waals surface area contributed by atoms with Gasteiger partial charge in [0.25, 0.3) is 0 Å². The van der Waals surface area contributed by atoms with E-state index in [4.69, 9.17) is 14.4 Å². The molecule has 0 spiro atoms. The second-order valence-electron chi connectivity index (χ2n) is 2.04. The van der Waals surface area contributed by atoms with Crippen molar-refractivity contribution in [2.75, 3.05) is 0 Å². The molecule has 0 saturated heterocycles. The van der Waals surface area contributed by atoms with Crippen molar-refractivity contribution in [3.05, 3.63) is 49.3 Å². The Hall–Kier alpha value is -1.62. The molecule has 0 radical (unpaired) electrons. The lowest BCUT2D eigenvalue weighted by atomic mass is 10.7. The van der Waals surface area contributed by atoms with Gasteiger partial charge in [0.1, 0.15) is 6.33 Å². The standard InChI is InChI=1S/C4H4N2.C4H5N.HO3P/c1-2-5-4-6-3-1;1-2-4-5-3-1;1-4(2)3/h1-4H;1-5H;(H-,1,2,3)/p+1. The van der Waals surface area contributed by atoms with E-state index in [2.05, 4.69) is 15.0 Å². The maximum absolute atomic E-state index is 8.70. The second-order valence-corrected chi connectivity index (χ2v) is 2.55. The monoisotopic (exact) mass is 228 g/mol. The van der Waals surface area contributed by atoms with Crippen molar-refractivity contribution in [2.45, 2.75) is 0 Å². The minimum atomic E-state index is -2.87. The normalized spacial score (nSPS) is 7.60.